The Morgan fingerprint density at radius 1 is 1.29 bits per heavy atom. The number of nitrogens with one attached hydrogen (secondary N) is 1. The van der Waals surface area contributed by atoms with E-state index in [-0.39, 0.29) is 5.54 Å². The van der Waals surface area contributed by atoms with Crippen LogP contribution in [-0.2, 0) is 9.47 Å². The Labute approximate surface area is 129 Å². The van der Waals surface area contributed by atoms with Gasteiger partial charge in [0.05, 0.1) is 18.8 Å². The lowest BCUT2D eigenvalue weighted by Crippen LogP contribution is -2.50. The van der Waals surface area contributed by atoms with Gasteiger partial charge in [-0.15, -0.1) is 0 Å². The molecule has 124 valence electrons. The van der Waals surface area contributed by atoms with Crippen molar-refractivity contribution in [1.82, 2.24) is 5.32 Å². The van der Waals surface area contributed by atoms with E-state index in [1.54, 1.807) is 0 Å². The second-order valence-corrected chi connectivity index (χ2v) is 7.03. The van der Waals surface area contributed by atoms with Gasteiger partial charge in [-0.1, -0.05) is 26.2 Å². The smallest absolute Gasteiger partial charge is 0.0898 e. The van der Waals surface area contributed by atoms with E-state index in [0.717, 1.165) is 32.5 Å². The second kappa shape index (κ2) is 8.47. The highest BCUT2D eigenvalue weighted by Gasteiger charge is 2.28. The van der Waals surface area contributed by atoms with E-state index in [0.29, 0.717) is 25.2 Å². The van der Waals surface area contributed by atoms with Gasteiger partial charge in [0.15, 0.2) is 0 Å². The van der Waals surface area contributed by atoms with E-state index in [2.05, 4.69) is 19.2 Å². The molecule has 2 fully saturated rings. The van der Waals surface area contributed by atoms with Gasteiger partial charge >= 0.3 is 0 Å². The molecule has 0 aromatic rings. The highest BCUT2D eigenvalue weighted by atomic mass is 16.5. The fraction of sp³-hybridized carbons (Fsp3) is 1.00. The molecule has 3 atom stereocenters. The third-order valence-electron chi connectivity index (χ3n) is 5.23. The van der Waals surface area contributed by atoms with Gasteiger partial charge in [-0.05, 0) is 38.5 Å². The van der Waals surface area contributed by atoms with Crippen molar-refractivity contribution in [2.24, 2.45) is 5.92 Å². The third-order valence-corrected chi connectivity index (χ3v) is 5.23. The summed E-state index contributed by atoms with van der Waals surface area (Å²) in [5.74, 6) is 0.687. The van der Waals surface area contributed by atoms with Crippen LogP contribution in [0.2, 0.25) is 0 Å². The summed E-state index contributed by atoms with van der Waals surface area (Å²) < 4.78 is 11.4. The minimum absolute atomic E-state index is 0.107. The Hall–Kier alpha value is -0.160. The van der Waals surface area contributed by atoms with Crippen LogP contribution < -0.4 is 5.32 Å². The topological polar surface area (TPSA) is 50.7 Å². The molecule has 0 radical (unpaired) electrons. The summed E-state index contributed by atoms with van der Waals surface area (Å²) in [4.78, 5) is 0. The average molecular weight is 299 g/mol. The van der Waals surface area contributed by atoms with Crippen molar-refractivity contribution in [1.29, 1.82) is 0 Å². The molecule has 4 nitrogen and oxygen atoms in total. The molecule has 0 aromatic heterocycles. The lowest BCUT2D eigenvalue weighted by molar-refractivity contribution is -0.0526. The van der Waals surface area contributed by atoms with Crippen LogP contribution in [0, 0.1) is 5.92 Å². The molecule has 21 heavy (non-hydrogen) atoms. The van der Waals surface area contributed by atoms with Crippen molar-refractivity contribution in [3.8, 4) is 0 Å². The normalized spacial score (nSPS) is 31.0. The van der Waals surface area contributed by atoms with Gasteiger partial charge in [0.1, 0.15) is 0 Å². The summed E-state index contributed by atoms with van der Waals surface area (Å²) in [5.41, 5.74) is 0.107. The molecule has 1 saturated carbocycles. The lowest BCUT2D eigenvalue weighted by Gasteiger charge is -2.36. The summed E-state index contributed by atoms with van der Waals surface area (Å²) in [6, 6.07) is 0. The van der Waals surface area contributed by atoms with Gasteiger partial charge in [0.2, 0.25) is 0 Å². The van der Waals surface area contributed by atoms with Crippen molar-refractivity contribution < 1.29 is 14.6 Å². The zero-order valence-corrected chi connectivity index (χ0v) is 13.8. The monoisotopic (exact) mass is 299 g/mol. The summed E-state index contributed by atoms with van der Waals surface area (Å²) in [6.45, 7) is 7.17. The van der Waals surface area contributed by atoms with Crippen molar-refractivity contribution >= 4 is 0 Å². The first kappa shape index (κ1) is 17.2. The summed E-state index contributed by atoms with van der Waals surface area (Å²) in [7, 11) is 0. The largest absolute Gasteiger partial charge is 0.389 e. The molecule has 1 heterocycles. The zero-order valence-electron chi connectivity index (χ0n) is 13.8. The molecular weight excluding hydrogens is 266 g/mol. The molecular formula is C17H33NO3. The molecule has 1 aliphatic carbocycles. The molecule has 0 spiro atoms. The minimum Gasteiger partial charge on any atom is -0.389 e. The van der Waals surface area contributed by atoms with Gasteiger partial charge in [0, 0.05) is 25.3 Å². The van der Waals surface area contributed by atoms with Gasteiger partial charge in [-0.25, -0.2) is 0 Å². The first-order valence-corrected chi connectivity index (χ1v) is 8.75. The predicted molar refractivity (Wildman–Crippen MR) is 84.5 cm³/mol. The van der Waals surface area contributed by atoms with Crippen LogP contribution >= 0.6 is 0 Å². The molecule has 1 aliphatic heterocycles. The molecule has 1 saturated heterocycles. The number of rotatable bonds is 7. The van der Waals surface area contributed by atoms with E-state index in [4.69, 9.17) is 9.47 Å². The SMILES string of the molecule is CCC1CCCCC1OCC(O)CNC1(C)CCOCC1. The standard InChI is InChI=1S/C17H33NO3/c1-3-14-6-4-5-7-16(14)21-13-15(19)12-18-17(2)8-10-20-11-9-17/h14-16,18-19H,3-13H2,1-2H3. The van der Waals surface area contributed by atoms with Gasteiger partial charge in [-0.3, -0.25) is 0 Å². The molecule has 2 N–H and O–H groups in total. The predicted octanol–water partition coefficient (Wildman–Crippen LogP) is 2.49. The maximum atomic E-state index is 10.2. The minimum atomic E-state index is -0.413. The summed E-state index contributed by atoms with van der Waals surface area (Å²) in [5, 5.41) is 13.7. The van der Waals surface area contributed by atoms with Crippen molar-refractivity contribution in [3.05, 3.63) is 0 Å². The third kappa shape index (κ3) is 5.51. The number of aliphatic hydroxyl groups excluding tert-OH is 1. The van der Waals surface area contributed by atoms with E-state index < -0.39 is 6.10 Å². The van der Waals surface area contributed by atoms with Crippen LogP contribution in [0.25, 0.3) is 0 Å². The number of hydrogen-bond acceptors (Lipinski definition) is 4. The van der Waals surface area contributed by atoms with Crippen LogP contribution in [0.1, 0.15) is 58.8 Å². The average Bonchev–Trinajstić information content (AvgIpc) is 2.52. The molecule has 4 heteroatoms. The quantitative estimate of drug-likeness (QED) is 0.758. The van der Waals surface area contributed by atoms with Crippen LogP contribution in [0.3, 0.4) is 0 Å². The lowest BCUT2D eigenvalue weighted by atomic mass is 9.85. The maximum absolute atomic E-state index is 10.2. The first-order chi connectivity index (χ1) is 10.1. The Morgan fingerprint density at radius 3 is 2.71 bits per heavy atom. The summed E-state index contributed by atoms with van der Waals surface area (Å²) in [6.07, 6.45) is 8.22. The van der Waals surface area contributed by atoms with E-state index in [1.807, 2.05) is 0 Å². The van der Waals surface area contributed by atoms with Crippen molar-refractivity contribution in [2.45, 2.75) is 76.5 Å². The van der Waals surface area contributed by atoms with Crippen LogP contribution in [-0.4, -0.2) is 49.2 Å². The fourth-order valence-electron chi connectivity index (χ4n) is 3.52. The maximum Gasteiger partial charge on any atom is 0.0898 e. The molecule has 0 aromatic carbocycles. The van der Waals surface area contributed by atoms with E-state index in [9.17, 15) is 5.11 Å². The van der Waals surface area contributed by atoms with E-state index in [1.165, 1.54) is 25.7 Å². The van der Waals surface area contributed by atoms with Crippen molar-refractivity contribution in [2.75, 3.05) is 26.4 Å². The number of β-amino-alcohol motifs (C(OH)–C–C–N with tert-alkyl or cyclic N) is 1. The highest BCUT2D eigenvalue weighted by Crippen LogP contribution is 2.29. The van der Waals surface area contributed by atoms with Crippen molar-refractivity contribution in [3.63, 3.8) is 0 Å². The summed E-state index contributed by atoms with van der Waals surface area (Å²) >= 11 is 0. The van der Waals surface area contributed by atoms with Crippen LogP contribution in [0.4, 0.5) is 0 Å². The van der Waals surface area contributed by atoms with Crippen LogP contribution in [0.5, 0.6) is 0 Å². The molecule has 2 rings (SSSR count). The highest BCUT2D eigenvalue weighted by molar-refractivity contribution is 4.86. The van der Waals surface area contributed by atoms with E-state index >= 15 is 0 Å². The first-order valence-electron chi connectivity index (χ1n) is 8.75. The fourth-order valence-corrected chi connectivity index (χ4v) is 3.52. The molecule has 3 unspecified atom stereocenters. The Morgan fingerprint density at radius 2 is 2.00 bits per heavy atom. The number of ether oxygens (including phenoxy) is 2. The second-order valence-electron chi connectivity index (χ2n) is 7.03. The zero-order chi connectivity index (χ0) is 15.1. The van der Waals surface area contributed by atoms with Gasteiger partial charge in [-0.2, -0.15) is 0 Å². The van der Waals surface area contributed by atoms with Gasteiger partial charge in [0.25, 0.3) is 0 Å². The van der Waals surface area contributed by atoms with Crippen LogP contribution in [0.15, 0.2) is 0 Å². The Kier molecular flexibility index (Phi) is 6.93. The number of aliphatic hydroxyl groups is 1. The Bertz CT molecular complexity index is 292. The Balaban J connectivity index is 1.65. The van der Waals surface area contributed by atoms with Gasteiger partial charge < -0.3 is 19.9 Å². The number of hydrogen-bond donors (Lipinski definition) is 2. The molecule has 2 aliphatic rings. The molecule has 0 amide bonds. The molecule has 0 bridgehead atoms.